The van der Waals surface area contributed by atoms with Crippen LogP contribution < -0.4 is 0 Å². The van der Waals surface area contributed by atoms with Gasteiger partial charge in [-0.2, -0.15) is 0 Å². The third kappa shape index (κ3) is 20.7. The van der Waals surface area contributed by atoms with E-state index in [1.54, 1.807) is 0 Å². The average Bonchev–Trinajstić information content (AvgIpc) is 2.49. The van der Waals surface area contributed by atoms with E-state index in [-0.39, 0.29) is 5.75 Å². The van der Waals surface area contributed by atoms with E-state index in [0.29, 0.717) is 12.8 Å². The van der Waals surface area contributed by atoms with E-state index < -0.39 is 9.84 Å². The fourth-order valence-corrected chi connectivity index (χ4v) is 2.57. The lowest BCUT2D eigenvalue weighted by Gasteiger charge is -1.91. The van der Waals surface area contributed by atoms with E-state index in [4.69, 9.17) is 0 Å². The summed E-state index contributed by atoms with van der Waals surface area (Å²) >= 11 is 0. The topological polar surface area (TPSA) is 34.1 Å². The van der Waals surface area contributed by atoms with E-state index in [1.807, 2.05) is 0 Å². The first-order valence-corrected chi connectivity index (χ1v) is 10.7. The molecule has 0 rings (SSSR count). The molecule has 0 aliphatic carbocycles. The molecule has 0 aliphatic rings. The number of allylic oxidation sites excluding steroid dienone is 6. The third-order valence-electron chi connectivity index (χ3n) is 3.18. The maximum Gasteiger partial charge on any atom is 0.147 e. The predicted octanol–water partition coefficient (Wildman–Crippen LogP) is 5.23. The highest BCUT2D eigenvalue weighted by molar-refractivity contribution is 7.90. The number of sulfone groups is 1. The van der Waals surface area contributed by atoms with Gasteiger partial charge in [-0.15, -0.1) is 5.92 Å². The van der Waals surface area contributed by atoms with Crippen molar-refractivity contribution in [2.24, 2.45) is 0 Å². The van der Waals surface area contributed by atoms with E-state index in [9.17, 15) is 8.42 Å². The van der Waals surface area contributed by atoms with Gasteiger partial charge in [-0.05, 0) is 32.1 Å². The van der Waals surface area contributed by atoms with Crippen LogP contribution in [0, 0.1) is 11.8 Å². The fourth-order valence-electron chi connectivity index (χ4n) is 1.90. The van der Waals surface area contributed by atoms with Crippen LogP contribution in [0.25, 0.3) is 0 Å². The molecule has 0 amide bonds. The van der Waals surface area contributed by atoms with Crippen molar-refractivity contribution in [2.45, 2.75) is 64.7 Å². The highest BCUT2D eigenvalue weighted by atomic mass is 32.2. The highest BCUT2D eigenvalue weighted by Crippen LogP contribution is 2.00. The van der Waals surface area contributed by atoms with Crippen molar-refractivity contribution in [3.05, 3.63) is 36.5 Å². The van der Waals surface area contributed by atoms with Crippen LogP contribution in [0.4, 0.5) is 0 Å². The van der Waals surface area contributed by atoms with Crippen LogP contribution in [-0.2, 0) is 9.84 Å². The fraction of sp³-hybridized carbons (Fsp3) is 0.600. The molecule has 0 bridgehead atoms. The van der Waals surface area contributed by atoms with Crippen LogP contribution in [0.3, 0.4) is 0 Å². The van der Waals surface area contributed by atoms with Crippen LogP contribution in [0.2, 0.25) is 0 Å². The van der Waals surface area contributed by atoms with Crippen LogP contribution >= 0.6 is 0 Å². The molecule has 0 atom stereocenters. The molecule has 0 saturated heterocycles. The summed E-state index contributed by atoms with van der Waals surface area (Å²) in [5.74, 6) is 6.28. The normalized spacial score (nSPS) is 12.3. The first-order valence-electron chi connectivity index (χ1n) is 8.64. The Labute approximate surface area is 143 Å². The molecule has 0 aromatic rings. The summed E-state index contributed by atoms with van der Waals surface area (Å²) in [5, 5.41) is 0. The second kappa shape index (κ2) is 15.6. The van der Waals surface area contributed by atoms with E-state index in [2.05, 4.69) is 55.2 Å². The van der Waals surface area contributed by atoms with Crippen LogP contribution in [0.5, 0.6) is 0 Å². The monoisotopic (exact) mass is 336 g/mol. The lowest BCUT2D eigenvalue weighted by atomic mass is 10.2. The first kappa shape index (κ1) is 21.7. The zero-order chi connectivity index (χ0) is 17.2. The molecule has 0 fully saturated rings. The maximum absolute atomic E-state index is 10.9. The molecule has 0 spiro atoms. The van der Waals surface area contributed by atoms with Crippen molar-refractivity contribution in [2.75, 3.05) is 12.0 Å². The van der Waals surface area contributed by atoms with E-state index in [1.165, 1.54) is 31.9 Å². The van der Waals surface area contributed by atoms with Gasteiger partial charge in [-0.1, -0.05) is 62.1 Å². The molecule has 2 nitrogen and oxygen atoms in total. The van der Waals surface area contributed by atoms with Gasteiger partial charge in [0, 0.05) is 19.1 Å². The van der Waals surface area contributed by atoms with Gasteiger partial charge in [0.2, 0.25) is 0 Å². The van der Waals surface area contributed by atoms with Gasteiger partial charge in [0.05, 0.1) is 5.75 Å². The molecule has 0 aliphatic heterocycles. The zero-order valence-electron chi connectivity index (χ0n) is 14.8. The second-order valence-corrected chi connectivity index (χ2v) is 7.93. The summed E-state index contributed by atoms with van der Waals surface area (Å²) in [7, 11) is -2.84. The minimum absolute atomic E-state index is 0.232. The van der Waals surface area contributed by atoms with Crippen molar-refractivity contribution in [1.29, 1.82) is 0 Å². The zero-order valence-corrected chi connectivity index (χ0v) is 15.6. The SMILES string of the molecule is CCCCC/C=C/C/C=C/C/C=C/CC#CCCCS(C)(=O)=O. The molecule has 0 N–H and O–H groups in total. The molecule has 0 radical (unpaired) electrons. The van der Waals surface area contributed by atoms with Gasteiger partial charge in [0.25, 0.3) is 0 Å². The lowest BCUT2D eigenvalue weighted by molar-refractivity contribution is 0.599. The summed E-state index contributed by atoms with van der Waals surface area (Å²) in [6.45, 7) is 2.23. The summed E-state index contributed by atoms with van der Waals surface area (Å²) in [6.07, 6.45) is 23.4. The Balaban J connectivity index is 3.52. The van der Waals surface area contributed by atoms with Crippen molar-refractivity contribution in [3.63, 3.8) is 0 Å². The Morgan fingerprint density at radius 1 is 0.826 bits per heavy atom. The Kier molecular flexibility index (Phi) is 14.8. The van der Waals surface area contributed by atoms with Crippen molar-refractivity contribution >= 4 is 9.84 Å². The van der Waals surface area contributed by atoms with Crippen molar-refractivity contribution in [1.82, 2.24) is 0 Å². The standard InChI is InChI=1S/C20H32O2S/c1-3-4-5-6-7-8-9-10-11-12-13-14-15-16-17-18-19-20-23(2,21)22/h7-8,10-11,13-14H,3-6,9,12,15,18-20H2,1-2H3/b8-7+,11-10+,14-13+. The number of hydrogen-bond donors (Lipinski definition) is 0. The number of unbranched alkanes of at least 4 members (excludes halogenated alkanes) is 4. The Hall–Kier alpha value is -1.27. The van der Waals surface area contributed by atoms with E-state index >= 15 is 0 Å². The molecule has 0 saturated carbocycles. The minimum Gasteiger partial charge on any atom is -0.229 e. The lowest BCUT2D eigenvalue weighted by Crippen LogP contribution is -2.01. The molecule has 0 aromatic carbocycles. The van der Waals surface area contributed by atoms with Gasteiger partial charge >= 0.3 is 0 Å². The molecule has 3 heteroatoms. The van der Waals surface area contributed by atoms with Crippen molar-refractivity contribution in [3.8, 4) is 11.8 Å². The number of rotatable bonds is 12. The Morgan fingerprint density at radius 2 is 1.48 bits per heavy atom. The van der Waals surface area contributed by atoms with Crippen LogP contribution in [-0.4, -0.2) is 20.4 Å². The van der Waals surface area contributed by atoms with Gasteiger partial charge in [-0.25, -0.2) is 8.42 Å². The molecular formula is C20H32O2S. The molecular weight excluding hydrogens is 304 g/mol. The quantitative estimate of drug-likeness (QED) is 0.278. The van der Waals surface area contributed by atoms with Gasteiger partial charge in [0.1, 0.15) is 9.84 Å². The maximum atomic E-state index is 10.9. The van der Waals surface area contributed by atoms with Gasteiger partial charge in [-0.3, -0.25) is 0 Å². The molecule has 0 aromatic heterocycles. The molecule has 0 unspecified atom stereocenters. The van der Waals surface area contributed by atoms with E-state index in [0.717, 1.165) is 19.3 Å². The molecule has 130 valence electrons. The van der Waals surface area contributed by atoms with Crippen LogP contribution in [0.1, 0.15) is 64.7 Å². The predicted molar refractivity (Wildman–Crippen MR) is 102 cm³/mol. The Morgan fingerprint density at radius 3 is 2.13 bits per heavy atom. The van der Waals surface area contributed by atoms with Gasteiger partial charge in [0.15, 0.2) is 0 Å². The largest absolute Gasteiger partial charge is 0.229 e. The summed E-state index contributed by atoms with van der Waals surface area (Å²) < 4.78 is 21.8. The highest BCUT2D eigenvalue weighted by Gasteiger charge is 1.98. The second-order valence-electron chi connectivity index (χ2n) is 5.67. The smallest absolute Gasteiger partial charge is 0.147 e. The first-order chi connectivity index (χ1) is 11.1. The Bertz CT molecular complexity index is 514. The van der Waals surface area contributed by atoms with Gasteiger partial charge < -0.3 is 0 Å². The summed E-state index contributed by atoms with van der Waals surface area (Å²) in [4.78, 5) is 0. The minimum atomic E-state index is -2.84. The molecule has 23 heavy (non-hydrogen) atoms. The van der Waals surface area contributed by atoms with Crippen LogP contribution in [0.15, 0.2) is 36.5 Å². The van der Waals surface area contributed by atoms with Crippen molar-refractivity contribution < 1.29 is 8.42 Å². The molecule has 0 heterocycles. The third-order valence-corrected chi connectivity index (χ3v) is 4.21. The average molecular weight is 337 g/mol. The summed E-state index contributed by atoms with van der Waals surface area (Å²) in [6, 6.07) is 0. The number of hydrogen-bond acceptors (Lipinski definition) is 2. The summed E-state index contributed by atoms with van der Waals surface area (Å²) in [5.41, 5.74) is 0.